The van der Waals surface area contributed by atoms with Gasteiger partial charge in [0.2, 0.25) is 0 Å². The first-order valence-electron chi connectivity index (χ1n) is 9.11. The van der Waals surface area contributed by atoms with E-state index in [1.165, 1.54) is 11.3 Å². The second-order valence-electron chi connectivity index (χ2n) is 6.64. The number of rotatable bonds is 5. The molecule has 0 radical (unpaired) electrons. The summed E-state index contributed by atoms with van der Waals surface area (Å²) in [5, 5.41) is 1.39. The van der Waals surface area contributed by atoms with Gasteiger partial charge in [-0.1, -0.05) is 35.9 Å². The molecule has 2 aromatic carbocycles. The maximum absolute atomic E-state index is 13.7. The second-order valence-corrected chi connectivity index (χ2v) is 8.07. The molecule has 2 aromatic heterocycles. The van der Waals surface area contributed by atoms with Crippen LogP contribution in [0.5, 0.6) is 5.75 Å². The van der Waals surface area contributed by atoms with Gasteiger partial charge in [-0.3, -0.25) is 9.78 Å². The average Bonchev–Trinajstić information content (AvgIpc) is 3.10. The molecule has 2 heterocycles. The summed E-state index contributed by atoms with van der Waals surface area (Å²) in [5.74, 6) is 0.560. The summed E-state index contributed by atoms with van der Waals surface area (Å²) in [6.45, 7) is 2.38. The van der Waals surface area contributed by atoms with Crippen LogP contribution >= 0.6 is 22.9 Å². The number of benzene rings is 2. The highest BCUT2D eigenvalue weighted by molar-refractivity contribution is 7.21. The van der Waals surface area contributed by atoms with Crippen molar-refractivity contribution in [3.05, 3.63) is 88.0 Å². The Morgan fingerprint density at radius 2 is 1.90 bits per heavy atom. The average molecular weight is 423 g/mol. The lowest BCUT2D eigenvalue weighted by molar-refractivity contribution is 0.0989. The molecule has 4 nitrogen and oxygen atoms in total. The van der Waals surface area contributed by atoms with E-state index in [0.717, 1.165) is 26.9 Å². The Kier molecular flexibility index (Phi) is 5.51. The first-order valence-corrected chi connectivity index (χ1v) is 10.3. The highest BCUT2D eigenvalue weighted by Gasteiger charge is 2.25. The molecule has 0 aliphatic rings. The van der Waals surface area contributed by atoms with Crippen LogP contribution in [-0.2, 0) is 6.54 Å². The van der Waals surface area contributed by atoms with Gasteiger partial charge in [-0.15, -0.1) is 11.3 Å². The molecule has 6 heteroatoms. The number of pyridine rings is 1. The summed E-state index contributed by atoms with van der Waals surface area (Å²) >= 11 is 8.03. The lowest BCUT2D eigenvalue weighted by atomic mass is 10.1. The van der Waals surface area contributed by atoms with Crippen molar-refractivity contribution < 1.29 is 9.53 Å². The fraction of sp³-hybridized carbons (Fsp3) is 0.130. The monoisotopic (exact) mass is 422 g/mol. The number of thiophene rings is 1. The molecule has 146 valence electrons. The predicted molar refractivity (Wildman–Crippen MR) is 119 cm³/mol. The summed E-state index contributed by atoms with van der Waals surface area (Å²) in [7, 11) is 1.62. The van der Waals surface area contributed by atoms with Gasteiger partial charge in [0.1, 0.15) is 10.6 Å². The van der Waals surface area contributed by atoms with E-state index < -0.39 is 0 Å². The van der Waals surface area contributed by atoms with E-state index in [-0.39, 0.29) is 5.91 Å². The number of fused-ring (bicyclic) bond motifs is 1. The number of carbonyl (C=O) groups is 1. The zero-order chi connectivity index (χ0) is 20.4. The molecule has 0 saturated carbocycles. The van der Waals surface area contributed by atoms with Crippen LogP contribution in [0.15, 0.2) is 67.0 Å². The second kappa shape index (κ2) is 8.23. The van der Waals surface area contributed by atoms with Crippen LogP contribution < -0.4 is 9.64 Å². The standard InChI is InChI=1S/C23H19ClN2O2S/c1-15-7-8-17(28-2)13-19(15)26(14-16-9-11-25-12-10-16)23(27)22-21(24)18-5-3-4-6-20(18)29-22/h3-13H,14H2,1-2H3. The maximum atomic E-state index is 13.7. The fourth-order valence-electron chi connectivity index (χ4n) is 3.22. The van der Waals surface area contributed by atoms with Crippen molar-refractivity contribution in [2.45, 2.75) is 13.5 Å². The number of aryl methyl sites for hydroxylation is 1. The van der Waals surface area contributed by atoms with Gasteiger partial charge in [0.15, 0.2) is 0 Å². The number of aromatic nitrogens is 1. The topological polar surface area (TPSA) is 42.4 Å². The Hall–Kier alpha value is -2.89. The van der Waals surface area contributed by atoms with Gasteiger partial charge in [-0.05, 0) is 42.3 Å². The molecular formula is C23H19ClN2O2S. The number of ether oxygens (including phenoxy) is 1. The van der Waals surface area contributed by atoms with Crippen molar-refractivity contribution in [1.29, 1.82) is 0 Å². The van der Waals surface area contributed by atoms with Crippen LogP contribution in [0.4, 0.5) is 5.69 Å². The lowest BCUT2D eigenvalue weighted by Gasteiger charge is -2.25. The third-order valence-corrected chi connectivity index (χ3v) is 6.43. The van der Waals surface area contributed by atoms with Gasteiger partial charge in [0, 0.05) is 28.5 Å². The normalized spacial score (nSPS) is 10.9. The predicted octanol–water partition coefficient (Wildman–Crippen LogP) is 6.11. The molecule has 0 aliphatic carbocycles. The van der Waals surface area contributed by atoms with E-state index >= 15 is 0 Å². The fourth-order valence-corrected chi connectivity index (χ4v) is 4.68. The van der Waals surface area contributed by atoms with Crippen LogP contribution in [0.1, 0.15) is 20.8 Å². The Balaban J connectivity index is 1.83. The van der Waals surface area contributed by atoms with Crippen LogP contribution in [0.25, 0.3) is 10.1 Å². The quantitative estimate of drug-likeness (QED) is 0.389. The van der Waals surface area contributed by atoms with Crippen LogP contribution in [0.3, 0.4) is 0 Å². The van der Waals surface area contributed by atoms with Gasteiger partial charge in [-0.25, -0.2) is 0 Å². The minimum atomic E-state index is -0.135. The highest BCUT2D eigenvalue weighted by atomic mass is 35.5. The molecule has 0 fully saturated rings. The van der Waals surface area contributed by atoms with Crippen molar-refractivity contribution in [2.24, 2.45) is 0 Å². The Labute approximate surface area is 178 Å². The van der Waals surface area contributed by atoms with Crippen LogP contribution in [-0.4, -0.2) is 18.0 Å². The third kappa shape index (κ3) is 3.84. The Morgan fingerprint density at radius 3 is 2.62 bits per heavy atom. The van der Waals surface area contributed by atoms with Gasteiger partial charge in [-0.2, -0.15) is 0 Å². The van der Waals surface area contributed by atoms with E-state index in [1.54, 1.807) is 24.4 Å². The molecule has 0 N–H and O–H groups in total. The smallest absolute Gasteiger partial charge is 0.270 e. The number of anilines is 1. The molecule has 0 aliphatic heterocycles. The van der Waals surface area contributed by atoms with Crippen molar-refractivity contribution >= 4 is 44.6 Å². The molecular weight excluding hydrogens is 404 g/mol. The lowest BCUT2D eigenvalue weighted by Crippen LogP contribution is -2.30. The van der Waals surface area contributed by atoms with Gasteiger partial charge < -0.3 is 9.64 Å². The van der Waals surface area contributed by atoms with E-state index in [4.69, 9.17) is 16.3 Å². The van der Waals surface area contributed by atoms with Gasteiger partial charge in [0.05, 0.1) is 24.4 Å². The first kappa shape index (κ1) is 19.4. The van der Waals surface area contributed by atoms with Crippen molar-refractivity contribution in [2.75, 3.05) is 12.0 Å². The van der Waals surface area contributed by atoms with E-state index in [1.807, 2.05) is 61.5 Å². The summed E-state index contributed by atoms with van der Waals surface area (Å²) in [4.78, 5) is 20.0. The number of hydrogen-bond acceptors (Lipinski definition) is 4. The number of halogens is 1. The third-order valence-electron chi connectivity index (χ3n) is 4.77. The summed E-state index contributed by atoms with van der Waals surface area (Å²) in [6, 6.07) is 17.3. The largest absolute Gasteiger partial charge is 0.497 e. The van der Waals surface area contributed by atoms with Crippen LogP contribution in [0.2, 0.25) is 5.02 Å². The molecule has 4 aromatic rings. The van der Waals surface area contributed by atoms with Crippen molar-refractivity contribution in [3.8, 4) is 5.75 Å². The molecule has 0 atom stereocenters. The Bertz CT molecular complexity index is 1170. The molecule has 4 rings (SSSR count). The number of carbonyl (C=O) groups excluding carboxylic acids is 1. The summed E-state index contributed by atoms with van der Waals surface area (Å²) < 4.78 is 6.39. The Morgan fingerprint density at radius 1 is 1.14 bits per heavy atom. The van der Waals surface area contributed by atoms with E-state index in [2.05, 4.69) is 4.98 Å². The SMILES string of the molecule is COc1ccc(C)c(N(Cc2ccncc2)C(=O)c2sc3ccccc3c2Cl)c1. The van der Waals surface area contributed by atoms with Crippen molar-refractivity contribution in [3.63, 3.8) is 0 Å². The van der Waals surface area contributed by atoms with Crippen LogP contribution in [0, 0.1) is 6.92 Å². The number of hydrogen-bond donors (Lipinski definition) is 0. The van der Waals surface area contributed by atoms with Crippen molar-refractivity contribution in [1.82, 2.24) is 4.98 Å². The minimum Gasteiger partial charge on any atom is -0.497 e. The number of nitrogens with zero attached hydrogens (tertiary/aromatic N) is 2. The molecule has 0 unspecified atom stereocenters. The highest BCUT2D eigenvalue weighted by Crippen LogP contribution is 2.38. The molecule has 0 spiro atoms. The minimum absolute atomic E-state index is 0.135. The number of amides is 1. The van der Waals surface area contributed by atoms with E-state index in [0.29, 0.717) is 22.2 Å². The summed E-state index contributed by atoms with van der Waals surface area (Å²) in [6.07, 6.45) is 3.45. The maximum Gasteiger partial charge on any atom is 0.270 e. The molecule has 0 bridgehead atoms. The number of methoxy groups -OCH3 is 1. The summed E-state index contributed by atoms with van der Waals surface area (Å²) in [5.41, 5.74) is 2.75. The molecule has 0 saturated heterocycles. The van der Waals surface area contributed by atoms with E-state index in [9.17, 15) is 4.79 Å². The van der Waals surface area contributed by atoms with Gasteiger partial charge in [0.25, 0.3) is 5.91 Å². The first-order chi connectivity index (χ1) is 14.1. The molecule has 29 heavy (non-hydrogen) atoms. The zero-order valence-corrected chi connectivity index (χ0v) is 17.6. The van der Waals surface area contributed by atoms with Gasteiger partial charge >= 0.3 is 0 Å². The molecule has 1 amide bonds. The zero-order valence-electron chi connectivity index (χ0n) is 16.1.